The van der Waals surface area contributed by atoms with Crippen LogP contribution in [0.4, 0.5) is 0 Å². The zero-order chi connectivity index (χ0) is 41.2. The van der Waals surface area contributed by atoms with Gasteiger partial charge in [-0.2, -0.15) is 0 Å². The number of nitrogens with one attached hydrogen (secondary N) is 2. The average molecular weight is 787 g/mol. The van der Waals surface area contributed by atoms with Crippen molar-refractivity contribution >= 4 is 23.8 Å². The molecule has 0 aromatic rings. The Morgan fingerprint density at radius 1 is 0.554 bits per heavy atom. The number of aliphatic hydroxyl groups is 1. The molecule has 0 aromatic heterocycles. The van der Waals surface area contributed by atoms with Crippen LogP contribution >= 0.6 is 0 Å². The summed E-state index contributed by atoms with van der Waals surface area (Å²) in [6, 6.07) is -1.39. The first-order valence-electron chi connectivity index (χ1n) is 22.5. The fourth-order valence-electron chi connectivity index (χ4n) is 6.41. The van der Waals surface area contributed by atoms with E-state index in [1.54, 1.807) is 0 Å². The first kappa shape index (κ1) is 52.8. The van der Waals surface area contributed by atoms with Gasteiger partial charge in [0.15, 0.2) is 0 Å². The number of aliphatic carboxylic acids is 1. The van der Waals surface area contributed by atoms with Gasteiger partial charge < -0.3 is 25.6 Å². The Kier molecular flexibility index (Phi) is 39.1. The van der Waals surface area contributed by atoms with Crippen molar-refractivity contribution in [1.82, 2.24) is 10.6 Å². The Balaban J connectivity index is 4.39. The van der Waals surface area contributed by atoms with Crippen molar-refractivity contribution in [2.24, 2.45) is 0 Å². The van der Waals surface area contributed by atoms with Gasteiger partial charge in [-0.05, 0) is 77.0 Å². The van der Waals surface area contributed by atoms with Gasteiger partial charge >= 0.3 is 11.9 Å². The summed E-state index contributed by atoms with van der Waals surface area (Å²) in [5.41, 5.74) is 0. The van der Waals surface area contributed by atoms with E-state index in [1.807, 2.05) is 0 Å². The van der Waals surface area contributed by atoms with Gasteiger partial charge in [-0.25, -0.2) is 4.79 Å². The van der Waals surface area contributed by atoms with E-state index >= 15 is 0 Å². The summed E-state index contributed by atoms with van der Waals surface area (Å²) in [7, 11) is 0. The van der Waals surface area contributed by atoms with Crippen LogP contribution in [0, 0.1) is 0 Å². The highest BCUT2D eigenvalue weighted by Gasteiger charge is 2.19. The molecule has 2 unspecified atom stereocenters. The van der Waals surface area contributed by atoms with Gasteiger partial charge in [0, 0.05) is 12.8 Å². The largest absolute Gasteiger partial charge is 0.480 e. The molecule has 322 valence electrons. The number of carboxylic acid groups (broad SMARTS) is 1. The normalized spacial score (nSPS) is 12.9. The summed E-state index contributed by atoms with van der Waals surface area (Å²) in [6.45, 7) is 3.37. The first-order valence-corrected chi connectivity index (χ1v) is 22.5. The summed E-state index contributed by atoms with van der Waals surface area (Å²) >= 11 is 0. The molecular weight excluding hydrogens is 705 g/mol. The number of amides is 2. The molecule has 9 nitrogen and oxygen atoms in total. The van der Waals surface area contributed by atoms with Gasteiger partial charge in [-0.3, -0.25) is 14.4 Å². The second-order valence-electron chi connectivity index (χ2n) is 15.1. The molecule has 0 aliphatic heterocycles. The van der Waals surface area contributed by atoms with Gasteiger partial charge in [-0.1, -0.05) is 159 Å². The zero-order valence-electron chi connectivity index (χ0n) is 35.6. The molecule has 56 heavy (non-hydrogen) atoms. The maximum absolute atomic E-state index is 12.8. The molecule has 0 aromatic carbocycles. The fourth-order valence-corrected chi connectivity index (χ4v) is 6.41. The van der Waals surface area contributed by atoms with Crippen LogP contribution in [0.2, 0.25) is 0 Å². The Labute approximate surface area is 341 Å². The average Bonchev–Trinajstić information content (AvgIpc) is 3.18. The highest BCUT2D eigenvalue weighted by atomic mass is 16.5. The lowest BCUT2D eigenvalue weighted by atomic mass is 10.0. The molecule has 0 aliphatic rings. The number of unbranched alkanes of at least 4 members (excludes halogenated alkanes) is 18. The quantitative estimate of drug-likeness (QED) is 0.0275. The van der Waals surface area contributed by atoms with Crippen LogP contribution in [-0.4, -0.2) is 59.3 Å². The van der Waals surface area contributed by atoms with Crippen molar-refractivity contribution in [3.63, 3.8) is 0 Å². The second kappa shape index (κ2) is 41.4. The number of ether oxygens (including phenoxy) is 1. The van der Waals surface area contributed by atoms with Crippen molar-refractivity contribution < 1.29 is 34.1 Å². The van der Waals surface area contributed by atoms with Crippen LogP contribution < -0.4 is 10.6 Å². The number of hydrogen-bond donors (Lipinski definition) is 4. The minimum Gasteiger partial charge on any atom is -0.480 e. The van der Waals surface area contributed by atoms with E-state index in [4.69, 9.17) is 14.9 Å². The number of esters is 1. The predicted octanol–water partition coefficient (Wildman–Crippen LogP) is 11.2. The molecule has 2 atom stereocenters. The Morgan fingerprint density at radius 2 is 1.02 bits per heavy atom. The molecular formula is C47H82N2O7. The third kappa shape index (κ3) is 37.7. The van der Waals surface area contributed by atoms with E-state index in [0.29, 0.717) is 12.8 Å². The van der Waals surface area contributed by atoms with E-state index in [2.05, 4.69) is 73.1 Å². The van der Waals surface area contributed by atoms with Crippen molar-refractivity contribution in [3.8, 4) is 0 Å². The van der Waals surface area contributed by atoms with Crippen LogP contribution in [0.25, 0.3) is 0 Å². The predicted molar refractivity (Wildman–Crippen MR) is 231 cm³/mol. The van der Waals surface area contributed by atoms with Crippen LogP contribution in [0.5, 0.6) is 0 Å². The highest BCUT2D eigenvalue weighted by molar-refractivity contribution is 5.87. The smallest absolute Gasteiger partial charge is 0.328 e. The Hall–Kier alpha value is -3.20. The molecule has 0 rings (SSSR count). The number of carboxylic acids is 1. The number of allylic oxidation sites excluding steroid dienone is 8. The van der Waals surface area contributed by atoms with Crippen LogP contribution in [0.3, 0.4) is 0 Å². The van der Waals surface area contributed by atoms with Gasteiger partial charge in [0.05, 0.1) is 13.2 Å². The first-order chi connectivity index (χ1) is 27.3. The van der Waals surface area contributed by atoms with Crippen LogP contribution in [0.1, 0.15) is 200 Å². The van der Waals surface area contributed by atoms with Crippen molar-refractivity contribution in [2.45, 2.75) is 212 Å². The molecule has 0 heterocycles. The monoisotopic (exact) mass is 787 g/mol. The van der Waals surface area contributed by atoms with Crippen LogP contribution in [-0.2, 0) is 23.9 Å². The van der Waals surface area contributed by atoms with E-state index < -0.39 is 24.5 Å². The number of carbonyl (C=O) groups is 4. The lowest BCUT2D eigenvalue weighted by molar-refractivity contribution is -0.150. The molecule has 0 saturated carbocycles. The Bertz CT molecular complexity index is 1080. The molecule has 0 aliphatic carbocycles. The molecule has 0 bridgehead atoms. The number of aliphatic hydroxyl groups excluding tert-OH is 1. The van der Waals surface area contributed by atoms with E-state index in [1.165, 1.54) is 77.0 Å². The minimum atomic E-state index is -1.39. The minimum absolute atomic E-state index is 0.0342. The maximum atomic E-state index is 12.8. The Morgan fingerprint density at radius 3 is 1.52 bits per heavy atom. The summed E-state index contributed by atoms with van der Waals surface area (Å²) in [5.74, 6) is -2.33. The fraction of sp³-hybridized carbons (Fsp3) is 0.745. The molecule has 2 amide bonds. The van der Waals surface area contributed by atoms with Crippen molar-refractivity contribution in [3.05, 3.63) is 48.6 Å². The van der Waals surface area contributed by atoms with Gasteiger partial charge in [0.25, 0.3) is 0 Å². The lowest BCUT2D eigenvalue weighted by Crippen LogP contribution is -2.47. The van der Waals surface area contributed by atoms with Gasteiger partial charge in [0.1, 0.15) is 12.1 Å². The molecule has 0 spiro atoms. The molecule has 0 radical (unpaired) electrons. The van der Waals surface area contributed by atoms with Crippen molar-refractivity contribution in [2.75, 3.05) is 13.2 Å². The lowest BCUT2D eigenvalue weighted by Gasteiger charge is -2.18. The van der Waals surface area contributed by atoms with E-state index in [-0.39, 0.29) is 30.9 Å². The standard InChI is InChI=1S/C47H82N2O7/c1-3-5-7-9-11-13-15-17-18-20-22-24-26-31-35-39-46(53)56-42(36-32-28-25-23-21-19-16-14-12-10-8-6-4-2)37-33-29-27-30-34-38-44(51)48-40-45(52)49-43(41-50)47(54)55/h5,7,11,13,17-18,22,24,42-43,50H,3-4,6,8-10,12,14-16,19-21,23,25-41H2,1-2H3,(H,48,51)(H,49,52)(H,54,55)/b7-5-,13-11-,18-17-,24-22-. The molecule has 0 fully saturated rings. The van der Waals surface area contributed by atoms with Gasteiger partial charge in [-0.15, -0.1) is 0 Å². The SMILES string of the molecule is CC/C=C\C/C=C\C/C=C\C/C=C\CCCCC(=O)OC(CCCCCCCCCCCCCCC)CCCCCCCC(=O)NCC(=O)NC(CO)C(=O)O. The number of carbonyl (C=O) groups excluding carboxylic acids is 3. The number of hydrogen-bond acceptors (Lipinski definition) is 6. The molecule has 9 heteroatoms. The number of rotatable bonds is 40. The summed E-state index contributed by atoms with van der Waals surface area (Å²) in [6.07, 6.45) is 48.5. The van der Waals surface area contributed by atoms with Gasteiger partial charge in [0.2, 0.25) is 11.8 Å². The summed E-state index contributed by atoms with van der Waals surface area (Å²) in [5, 5.41) is 22.6. The maximum Gasteiger partial charge on any atom is 0.328 e. The zero-order valence-corrected chi connectivity index (χ0v) is 35.6. The topological polar surface area (TPSA) is 142 Å². The van der Waals surface area contributed by atoms with E-state index in [0.717, 1.165) is 89.9 Å². The van der Waals surface area contributed by atoms with Crippen molar-refractivity contribution in [1.29, 1.82) is 0 Å². The third-order valence-corrected chi connectivity index (χ3v) is 9.84. The van der Waals surface area contributed by atoms with E-state index in [9.17, 15) is 19.2 Å². The molecule has 4 N–H and O–H groups in total. The van der Waals surface area contributed by atoms with Crippen LogP contribution in [0.15, 0.2) is 48.6 Å². The summed E-state index contributed by atoms with van der Waals surface area (Å²) < 4.78 is 6.02. The molecule has 0 saturated heterocycles. The summed E-state index contributed by atoms with van der Waals surface area (Å²) in [4.78, 5) is 47.6. The third-order valence-electron chi connectivity index (χ3n) is 9.84. The second-order valence-corrected chi connectivity index (χ2v) is 15.1. The highest BCUT2D eigenvalue weighted by Crippen LogP contribution is 2.19.